The predicted molar refractivity (Wildman–Crippen MR) is 77.5 cm³/mol. The molecule has 2 aromatic rings. The molecular weight excluding hydrogens is 261 g/mol. The number of nitrogen functional groups attached to an aromatic ring is 1. The summed E-state index contributed by atoms with van der Waals surface area (Å²) in [5.41, 5.74) is 8.14. The molecule has 2 N–H and O–H groups in total. The first-order valence-electron chi connectivity index (χ1n) is 5.73. The van der Waals surface area contributed by atoms with Crippen molar-refractivity contribution in [2.24, 2.45) is 0 Å². The van der Waals surface area contributed by atoms with Gasteiger partial charge in [0.15, 0.2) is 0 Å². The lowest BCUT2D eigenvalue weighted by Crippen LogP contribution is -2.10. The fraction of sp³-hybridized carbons (Fsp3) is 0.231. The zero-order chi connectivity index (χ0) is 14.0. The minimum Gasteiger partial charge on any atom is -0.467 e. The van der Waals surface area contributed by atoms with Crippen LogP contribution in [0.3, 0.4) is 0 Å². The van der Waals surface area contributed by atoms with E-state index in [4.69, 9.17) is 10.5 Å². The summed E-state index contributed by atoms with van der Waals surface area (Å²) in [5, 5.41) is 0.681. The zero-order valence-corrected chi connectivity index (χ0v) is 12.0. The summed E-state index contributed by atoms with van der Waals surface area (Å²) in [6, 6.07) is 5.77. The van der Waals surface area contributed by atoms with Gasteiger partial charge < -0.3 is 15.0 Å². The molecule has 0 fully saturated rings. The van der Waals surface area contributed by atoms with Crippen LogP contribution in [0.2, 0.25) is 0 Å². The average molecular weight is 277 g/mol. The van der Waals surface area contributed by atoms with Crippen LogP contribution in [-0.2, 0) is 4.57 Å². The topological polar surface area (TPSA) is 78.1 Å². The molecule has 0 aliphatic rings. The Labute approximate surface area is 112 Å². The molecule has 0 aliphatic carbocycles. The summed E-state index contributed by atoms with van der Waals surface area (Å²) in [6.07, 6.45) is 3.33. The number of anilines is 1. The number of hydrogen-bond acceptors (Lipinski definition) is 5. The molecule has 0 radical (unpaired) electrons. The van der Waals surface area contributed by atoms with E-state index in [-0.39, 0.29) is 0 Å². The monoisotopic (exact) mass is 277 g/mol. The van der Waals surface area contributed by atoms with E-state index < -0.39 is 7.14 Å². The summed E-state index contributed by atoms with van der Waals surface area (Å²) in [7, 11) is -0.894. The van der Waals surface area contributed by atoms with Crippen LogP contribution in [0.25, 0.3) is 11.1 Å². The minimum atomic E-state index is -2.41. The molecule has 5 nitrogen and oxygen atoms in total. The van der Waals surface area contributed by atoms with Crippen molar-refractivity contribution in [1.29, 1.82) is 0 Å². The van der Waals surface area contributed by atoms with Gasteiger partial charge in [-0.1, -0.05) is 6.07 Å². The third-order valence-corrected chi connectivity index (χ3v) is 4.30. The van der Waals surface area contributed by atoms with Crippen LogP contribution in [0, 0.1) is 0 Å². The maximum Gasteiger partial charge on any atom is 0.316 e. The fourth-order valence-corrected chi connectivity index (χ4v) is 2.91. The molecule has 0 saturated heterocycles. The summed E-state index contributed by atoms with van der Waals surface area (Å²) in [4.78, 5) is 8.11. The number of rotatable bonds is 3. The van der Waals surface area contributed by atoms with Crippen molar-refractivity contribution in [1.82, 2.24) is 9.97 Å². The van der Waals surface area contributed by atoms with Crippen molar-refractivity contribution >= 4 is 18.1 Å². The van der Waals surface area contributed by atoms with Gasteiger partial charge in [-0.05, 0) is 31.0 Å². The normalized spacial score (nSPS) is 11.3. The second-order valence-electron chi connectivity index (χ2n) is 4.58. The van der Waals surface area contributed by atoms with Gasteiger partial charge in [0.25, 0.3) is 0 Å². The van der Waals surface area contributed by atoms with Crippen molar-refractivity contribution in [2.75, 3.05) is 26.2 Å². The Hall–Kier alpha value is -1.87. The van der Waals surface area contributed by atoms with Crippen LogP contribution in [0.15, 0.2) is 30.6 Å². The first-order valence-corrected chi connectivity index (χ1v) is 8.33. The third kappa shape index (κ3) is 2.93. The van der Waals surface area contributed by atoms with Crippen molar-refractivity contribution < 1.29 is 9.30 Å². The molecule has 2 rings (SSSR count). The summed E-state index contributed by atoms with van der Waals surface area (Å²) in [5.74, 6) is 0. The predicted octanol–water partition coefficient (Wildman–Crippen LogP) is 1.98. The van der Waals surface area contributed by atoms with E-state index in [0.717, 1.165) is 11.1 Å². The summed E-state index contributed by atoms with van der Waals surface area (Å²) < 4.78 is 17.1. The Kier molecular flexibility index (Phi) is 3.58. The van der Waals surface area contributed by atoms with Gasteiger partial charge in [0.05, 0.1) is 7.11 Å². The Morgan fingerprint density at radius 2 is 1.79 bits per heavy atom. The van der Waals surface area contributed by atoms with E-state index in [1.807, 2.05) is 12.1 Å². The van der Waals surface area contributed by atoms with E-state index in [9.17, 15) is 4.57 Å². The number of hydrogen-bond donors (Lipinski definition) is 1. The van der Waals surface area contributed by atoms with Crippen LogP contribution in [0.5, 0.6) is 6.01 Å². The quantitative estimate of drug-likeness (QED) is 0.685. The van der Waals surface area contributed by atoms with Crippen molar-refractivity contribution in [2.45, 2.75) is 0 Å². The maximum atomic E-state index is 12.2. The Morgan fingerprint density at radius 3 is 2.32 bits per heavy atom. The highest BCUT2D eigenvalue weighted by atomic mass is 31.2. The maximum absolute atomic E-state index is 12.2. The number of ether oxygens (including phenoxy) is 1. The molecule has 0 amide bonds. The van der Waals surface area contributed by atoms with Gasteiger partial charge in [0.2, 0.25) is 0 Å². The first-order chi connectivity index (χ1) is 8.91. The number of methoxy groups -OCH3 is 1. The van der Waals surface area contributed by atoms with Gasteiger partial charge >= 0.3 is 6.01 Å². The minimum absolute atomic E-state index is 0.316. The highest BCUT2D eigenvalue weighted by molar-refractivity contribution is 7.70. The molecule has 19 heavy (non-hydrogen) atoms. The SMILES string of the molecule is COc1ncc(-c2ccc(N)c(P(C)(C)=O)c2)cn1. The molecule has 0 aliphatic heterocycles. The molecular formula is C13H16N3O2P. The van der Waals surface area contributed by atoms with Crippen LogP contribution < -0.4 is 15.8 Å². The van der Waals surface area contributed by atoms with Crippen LogP contribution in [0.4, 0.5) is 5.69 Å². The second kappa shape index (κ2) is 5.02. The zero-order valence-electron chi connectivity index (χ0n) is 11.1. The number of nitrogens with zero attached hydrogens (tertiary/aromatic N) is 2. The highest BCUT2D eigenvalue weighted by Crippen LogP contribution is 2.38. The lowest BCUT2D eigenvalue weighted by Gasteiger charge is -2.12. The number of benzene rings is 1. The highest BCUT2D eigenvalue weighted by Gasteiger charge is 2.15. The Balaban J connectivity index is 2.48. The molecule has 0 atom stereocenters. The van der Waals surface area contributed by atoms with E-state index in [1.54, 1.807) is 31.8 Å². The van der Waals surface area contributed by atoms with Gasteiger partial charge in [-0.25, -0.2) is 9.97 Å². The molecule has 0 spiro atoms. The van der Waals surface area contributed by atoms with E-state index in [1.165, 1.54) is 7.11 Å². The Morgan fingerprint density at radius 1 is 1.16 bits per heavy atom. The molecule has 1 heterocycles. The van der Waals surface area contributed by atoms with Gasteiger partial charge in [-0.15, -0.1) is 0 Å². The van der Waals surface area contributed by atoms with E-state index in [0.29, 0.717) is 17.0 Å². The molecule has 100 valence electrons. The largest absolute Gasteiger partial charge is 0.467 e. The van der Waals surface area contributed by atoms with Gasteiger partial charge in [0, 0.05) is 28.9 Å². The summed E-state index contributed by atoms with van der Waals surface area (Å²) in [6.45, 7) is 3.40. The smallest absolute Gasteiger partial charge is 0.316 e. The van der Waals surface area contributed by atoms with E-state index >= 15 is 0 Å². The first kappa shape index (κ1) is 13.6. The van der Waals surface area contributed by atoms with Gasteiger partial charge in [-0.3, -0.25) is 0 Å². The second-order valence-corrected chi connectivity index (χ2v) is 7.77. The third-order valence-electron chi connectivity index (χ3n) is 2.75. The van der Waals surface area contributed by atoms with Crippen molar-refractivity contribution in [3.8, 4) is 17.1 Å². The van der Waals surface area contributed by atoms with Crippen molar-refractivity contribution in [3.63, 3.8) is 0 Å². The molecule has 6 heteroatoms. The Bertz CT molecular complexity index is 635. The van der Waals surface area contributed by atoms with Gasteiger partial charge in [-0.2, -0.15) is 0 Å². The standard InChI is InChI=1S/C13H16N3O2P/c1-18-13-15-7-10(8-16-13)9-4-5-11(14)12(6-9)19(2,3)17/h4-8H,14H2,1-3H3. The van der Waals surface area contributed by atoms with Crippen molar-refractivity contribution in [3.05, 3.63) is 30.6 Å². The lowest BCUT2D eigenvalue weighted by atomic mass is 10.1. The van der Waals surface area contributed by atoms with Crippen LogP contribution in [0.1, 0.15) is 0 Å². The molecule has 0 unspecified atom stereocenters. The van der Waals surface area contributed by atoms with Gasteiger partial charge in [0.1, 0.15) is 7.14 Å². The molecule has 0 bridgehead atoms. The van der Waals surface area contributed by atoms with E-state index in [2.05, 4.69) is 9.97 Å². The average Bonchev–Trinajstić information content (AvgIpc) is 2.38. The molecule has 0 saturated carbocycles. The molecule has 1 aromatic carbocycles. The number of nitrogens with two attached hydrogens (primary N) is 1. The number of aromatic nitrogens is 2. The fourth-order valence-electron chi connectivity index (χ4n) is 1.76. The van der Waals surface area contributed by atoms with Crippen LogP contribution >= 0.6 is 7.14 Å². The summed E-state index contributed by atoms with van der Waals surface area (Å²) >= 11 is 0. The van der Waals surface area contributed by atoms with Crippen LogP contribution in [-0.4, -0.2) is 30.4 Å². The lowest BCUT2D eigenvalue weighted by molar-refractivity contribution is 0.380. The molecule has 1 aromatic heterocycles.